The Hall–Kier alpha value is -3.79. The first kappa shape index (κ1) is 20.9. The molecule has 0 saturated carbocycles. The van der Waals surface area contributed by atoms with Crippen LogP contribution in [0.5, 0.6) is 0 Å². The first-order chi connectivity index (χ1) is 14.5. The summed E-state index contributed by atoms with van der Waals surface area (Å²) in [5.41, 5.74) is 0.864. The first-order valence-corrected chi connectivity index (χ1v) is 9.84. The number of H-pyrrole nitrogens is 1. The Morgan fingerprint density at radius 1 is 1.13 bits per heavy atom. The average molecular weight is 426 g/mol. The number of benzene rings is 1. The molecule has 10 heteroatoms. The molecule has 0 spiro atoms. The van der Waals surface area contributed by atoms with E-state index in [-0.39, 0.29) is 29.6 Å². The van der Waals surface area contributed by atoms with Gasteiger partial charge in [0.25, 0.3) is 11.5 Å². The lowest BCUT2D eigenvalue weighted by Gasteiger charge is -2.06. The second kappa shape index (κ2) is 9.61. The standard InChI is InChI=1S/C20H18N4O5S/c1-2-29-19(28)12-5-7-13(8-6-12)22-16(25)10-14-11-30-20(23-14)24-18(27)15-4-3-9-21-17(15)26/h3-9,11H,2,10H2,1H3,(H,21,26)(H,22,25)(H,23,24,27). The number of nitrogens with zero attached hydrogens (tertiary/aromatic N) is 1. The van der Waals surface area contributed by atoms with E-state index in [0.29, 0.717) is 16.9 Å². The fourth-order valence-electron chi connectivity index (χ4n) is 2.48. The van der Waals surface area contributed by atoms with Crippen LogP contribution in [0, 0.1) is 0 Å². The first-order valence-electron chi connectivity index (χ1n) is 8.96. The van der Waals surface area contributed by atoms with Crippen LogP contribution < -0.4 is 16.2 Å². The molecule has 2 aromatic heterocycles. The molecule has 0 aliphatic carbocycles. The molecule has 0 bridgehead atoms. The number of carbonyl (C=O) groups excluding carboxylic acids is 3. The Kier molecular flexibility index (Phi) is 6.71. The van der Waals surface area contributed by atoms with E-state index in [1.54, 1.807) is 42.6 Å². The second-order valence-corrected chi connectivity index (χ2v) is 6.89. The van der Waals surface area contributed by atoms with Crippen LogP contribution in [0.3, 0.4) is 0 Å². The number of nitrogens with one attached hydrogen (secondary N) is 3. The van der Waals surface area contributed by atoms with Gasteiger partial charge in [-0.1, -0.05) is 0 Å². The number of anilines is 2. The highest BCUT2D eigenvalue weighted by atomic mass is 32.1. The van der Waals surface area contributed by atoms with Crippen molar-refractivity contribution in [2.24, 2.45) is 0 Å². The van der Waals surface area contributed by atoms with E-state index in [4.69, 9.17) is 4.74 Å². The predicted octanol–water partition coefficient (Wildman–Crippen LogP) is 2.44. The minimum Gasteiger partial charge on any atom is -0.462 e. The van der Waals surface area contributed by atoms with E-state index in [0.717, 1.165) is 11.3 Å². The van der Waals surface area contributed by atoms with Crippen LogP contribution in [-0.4, -0.2) is 34.4 Å². The number of hydrogen-bond donors (Lipinski definition) is 3. The Bertz CT molecular complexity index is 1120. The number of esters is 1. The van der Waals surface area contributed by atoms with Crippen molar-refractivity contribution in [1.29, 1.82) is 0 Å². The zero-order valence-corrected chi connectivity index (χ0v) is 16.7. The van der Waals surface area contributed by atoms with Gasteiger partial charge in [-0.15, -0.1) is 11.3 Å². The molecule has 0 radical (unpaired) electrons. The number of ether oxygens (including phenoxy) is 1. The van der Waals surface area contributed by atoms with Crippen molar-refractivity contribution >= 4 is 39.9 Å². The summed E-state index contributed by atoms with van der Waals surface area (Å²) < 4.78 is 4.91. The molecule has 0 fully saturated rings. The van der Waals surface area contributed by atoms with Gasteiger partial charge in [-0.3, -0.25) is 19.7 Å². The van der Waals surface area contributed by atoms with Crippen LogP contribution in [0.15, 0.2) is 52.8 Å². The smallest absolute Gasteiger partial charge is 0.338 e. The Morgan fingerprint density at radius 3 is 2.60 bits per heavy atom. The molecule has 0 saturated heterocycles. The number of pyridine rings is 1. The summed E-state index contributed by atoms with van der Waals surface area (Å²) in [6.45, 7) is 2.01. The molecule has 3 rings (SSSR count). The third-order valence-corrected chi connectivity index (χ3v) is 4.66. The molecule has 2 heterocycles. The van der Waals surface area contributed by atoms with Crippen molar-refractivity contribution < 1.29 is 19.1 Å². The normalized spacial score (nSPS) is 10.3. The van der Waals surface area contributed by atoms with Crippen LogP contribution >= 0.6 is 11.3 Å². The molecule has 3 aromatic rings. The fraction of sp³-hybridized carbons (Fsp3) is 0.150. The molecule has 9 nitrogen and oxygen atoms in total. The molecule has 0 aliphatic heterocycles. The maximum Gasteiger partial charge on any atom is 0.338 e. The van der Waals surface area contributed by atoms with E-state index in [2.05, 4.69) is 20.6 Å². The summed E-state index contributed by atoms with van der Waals surface area (Å²) in [6.07, 6.45) is 1.43. The van der Waals surface area contributed by atoms with E-state index < -0.39 is 17.4 Å². The third kappa shape index (κ3) is 5.39. The number of thiazole rings is 1. The molecule has 1 aromatic carbocycles. The summed E-state index contributed by atoms with van der Waals surface area (Å²) in [6, 6.07) is 9.30. The lowest BCUT2D eigenvalue weighted by molar-refractivity contribution is -0.115. The summed E-state index contributed by atoms with van der Waals surface area (Å²) in [5, 5.41) is 7.18. The topological polar surface area (TPSA) is 130 Å². The van der Waals surface area contributed by atoms with Crippen molar-refractivity contribution in [2.45, 2.75) is 13.3 Å². The molecule has 3 N–H and O–H groups in total. The van der Waals surface area contributed by atoms with Crippen LogP contribution in [0.25, 0.3) is 0 Å². The van der Waals surface area contributed by atoms with Gasteiger partial charge in [-0.05, 0) is 43.3 Å². The molecule has 0 unspecified atom stereocenters. The Balaban J connectivity index is 1.56. The van der Waals surface area contributed by atoms with Crippen molar-refractivity contribution in [3.8, 4) is 0 Å². The molecule has 0 aliphatic rings. The van der Waals surface area contributed by atoms with Crippen LogP contribution in [0.4, 0.5) is 10.8 Å². The number of aromatic amines is 1. The number of rotatable bonds is 7. The SMILES string of the molecule is CCOC(=O)c1ccc(NC(=O)Cc2csc(NC(=O)c3ccc[nH]c3=O)n2)cc1. The van der Waals surface area contributed by atoms with Crippen LogP contribution in [0.2, 0.25) is 0 Å². The van der Waals surface area contributed by atoms with Gasteiger partial charge in [0, 0.05) is 17.3 Å². The zero-order valence-electron chi connectivity index (χ0n) is 15.9. The van der Waals surface area contributed by atoms with Gasteiger partial charge in [-0.25, -0.2) is 9.78 Å². The molecule has 2 amide bonds. The van der Waals surface area contributed by atoms with Gasteiger partial charge < -0.3 is 15.0 Å². The van der Waals surface area contributed by atoms with Crippen molar-refractivity contribution in [2.75, 3.05) is 17.2 Å². The van der Waals surface area contributed by atoms with Crippen molar-refractivity contribution in [3.05, 3.63) is 75.1 Å². The van der Waals surface area contributed by atoms with Gasteiger partial charge >= 0.3 is 5.97 Å². The number of amides is 2. The van der Waals surface area contributed by atoms with E-state index in [9.17, 15) is 19.2 Å². The molecule has 0 atom stereocenters. The Labute approximate surface area is 175 Å². The van der Waals surface area contributed by atoms with Crippen molar-refractivity contribution in [1.82, 2.24) is 9.97 Å². The summed E-state index contributed by atoms with van der Waals surface area (Å²) in [4.78, 5) is 54.3. The monoisotopic (exact) mass is 426 g/mol. The van der Waals surface area contributed by atoms with Gasteiger partial charge in [0.05, 0.1) is 24.3 Å². The highest BCUT2D eigenvalue weighted by Gasteiger charge is 2.14. The van der Waals surface area contributed by atoms with E-state index in [1.807, 2.05) is 0 Å². The average Bonchev–Trinajstić information content (AvgIpc) is 3.15. The van der Waals surface area contributed by atoms with E-state index in [1.165, 1.54) is 12.3 Å². The largest absolute Gasteiger partial charge is 0.462 e. The predicted molar refractivity (Wildman–Crippen MR) is 112 cm³/mol. The number of aromatic nitrogens is 2. The summed E-state index contributed by atoms with van der Waals surface area (Å²) in [7, 11) is 0. The minimum atomic E-state index is -0.580. The Morgan fingerprint density at radius 2 is 1.90 bits per heavy atom. The van der Waals surface area contributed by atoms with E-state index >= 15 is 0 Å². The van der Waals surface area contributed by atoms with Gasteiger partial charge in [-0.2, -0.15) is 0 Å². The van der Waals surface area contributed by atoms with Gasteiger partial charge in [0.2, 0.25) is 5.91 Å². The molecular weight excluding hydrogens is 408 g/mol. The lowest BCUT2D eigenvalue weighted by atomic mass is 10.2. The van der Waals surface area contributed by atoms with Gasteiger partial charge in [0.15, 0.2) is 5.13 Å². The maximum absolute atomic E-state index is 12.2. The van der Waals surface area contributed by atoms with Crippen molar-refractivity contribution in [3.63, 3.8) is 0 Å². The molecular formula is C20H18N4O5S. The fourth-order valence-corrected chi connectivity index (χ4v) is 3.19. The van der Waals surface area contributed by atoms with Gasteiger partial charge in [0.1, 0.15) is 5.56 Å². The highest BCUT2D eigenvalue weighted by Crippen LogP contribution is 2.17. The summed E-state index contributed by atoms with van der Waals surface area (Å²) in [5.74, 6) is -1.31. The van der Waals surface area contributed by atoms with Crippen LogP contribution in [-0.2, 0) is 16.0 Å². The number of hydrogen-bond acceptors (Lipinski definition) is 7. The third-order valence-electron chi connectivity index (χ3n) is 3.86. The molecule has 30 heavy (non-hydrogen) atoms. The second-order valence-electron chi connectivity index (χ2n) is 6.03. The highest BCUT2D eigenvalue weighted by molar-refractivity contribution is 7.14. The lowest BCUT2D eigenvalue weighted by Crippen LogP contribution is -2.22. The quantitative estimate of drug-likeness (QED) is 0.498. The van der Waals surface area contributed by atoms with Crippen LogP contribution in [0.1, 0.15) is 33.3 Å². The summed E-state index contributed by atoms with van der Waals surface area (Å²) >= 11 is 1.15. The molecule has 154 valence electrons. The zero-order chi connectivity index (χ0) is 21.5. The maximum atomic E-state index is 12.2. The minimum absolute atomic E-state index is 0.00206. The number of carbonyl (C=O) groups is 3.